The van der Waals surface area contributed by atoms with Crippen molar-refractivity contribution in [3.05, 3.63) is 29.3 Å². The molecule has 3 aliphatic rings. The number of nitrogens with zero attached hydrogens (tertiary/aromatic N) is 3. The number of amides is 2. The summed E-state index contributed by atoms with van der Waals surface area (Å²) in [6, 6.07) is 6.93. The van der Waals surface area contributed by atoms with Crippen LogP contribution in [0.1, 0.15) is 55.7 Å². The van der Waals surface area contributed by atoms with Crippen LogP contribution in [0.5, 0.6) is 0 Å². The van der Waals surface area contributed by atoms with E-state index in [2.05, 4.69) is 57.6 Å². The molecule has 2 heterocycles. The summed E-state index contributed by atoms with van der Waals surface area (Å²) in [5, 5.41) is 5.92. The number of likely N-dealkylation sites (N-methyl/N-ethyl adjacent to an activating group) is 2. The van der Waals surface area contributed by atoms with E-state index in [1.807, 2.05) is 0 Å². The van der Waals surface area contributed by atoms with Gasteiger partial charge in [-0.1, -0.05) is 37.8 Å². The minimum Gasteiger partial charge on any atom is -0.374 e. The first-order valence-corrected chi connectivity index (χ1v) is 12.4. The topological polar surface area (TPSA) is 67.9 Å². The van der Waals surface area contributed by atoms with Gasteiger partial charge in [-0.25, -0.2) is 0 Å². The quantitative estimate of drug-likeness (QED) is 0.540. The fourth-order valence-corrected chi connectivity index (χ4v) is 5.33. The minimum absolute atomic E-state index is 0.0783. The van der Waals surface area contributed by atoms with Crippen molar-refractivity contribution >= 4 is 17.5 Å². The Kier molecular flexibility index (Phi) is 7.68. The Bertz CT molecular complexity index is 798. The van der Waals surface area contributed by atoms with E-state index in [1.165, 1.54) is 29.7 Å². The number of carbonyl (C=O) groups excluding carboxylic acids is 2. The number of hydrogen-bond acceptors (Lipinski definition) is 5. The highest BCUT2D eigenvalue weighted by atomic mass is 16.2. The summed E-state index contributed by atoms with van der Waals surface area (Å²) in [4.78, 5) is 32.3. The second kappa shape index (κ2) is 10.7. The summed E-state index contributed by atoms with van der Waals surface area (Å²) in [5.74, 6) is -0.987. The molecule has 2 N–H and O–H groups in total. The number of anilines is 1. The van der Waals surface area contributed by atoms with Crippen LogP contribution in [-0.4, -0.2) is 81.0 Å². The third-order valence-corrected chi connectivity index (χ3v) is 7.45. The second-order valence-corrected chi connectivity index (χ2v) is 9.79. The van der Waals surface area contributed by atoms with Crippen LogP contribution in [-0.2, 0) is 16.0 Å². The Labute approximate surface area is 192 Å². The van der Waals surface area contributed by atoms with Gasteiger partial charge in [0.1, 0.15) is 0 Å². The van der Waals surface area contributed by atoms with Crippen molar-refractivity contribution in [3.63, 3.8) is 0 Å². The van der Waals surface area contributed by atoms with Crippen molar-refractivity contribution < 1.29 is 9.59 Å². The molecule has 7 nitrogen and oxygen atoms in total. The summed E-state index contributed by atoms with van der Waals surface area (Å²) in [5.41, 5.74) is 3.91. The van der Waals surface area contributed by atoms with Crippen molar-refractivity contribution in [2.75, 3.05) is 58.3 Å². The molecule has 1 atom stereocenters. The lowest BCUT2D eigenvalue weighted by Crippen LogP contribution is -2.50. The van der Waals surface area contributed by atoms with Gasteiger partial charge in [0.15, 0.2) is 0 Å². The monoisotopic (exact) mass is 441 g/mol. The van der Waals surface area contributed by atoms with Gasteiger partial charge >= 0.3 is 11.8 Å². The van der Waals surface area contributed by atoms with E-state index in [0.29, 0.717) is 6.54 Å². The molecule has 1 aliphatic carbocycles. The smallest absolute Gasteiger partial charge is 0.309 e. The SMILES string of the molecule is CN1CCN(C(CNC(=O)C(=O)NC2CCCCCC2)c2ccc3c(c2)CCN3C)CC1. The van der Waals surface area contributed by atoms with Gasteiger partial charge in [-0.05, 0) is 43.5 Å². The highest BCUT2D eigenvalue weighted by molar-refractivity contribution is 6.35. The third-order valence-electron chi connectivity index (χ3n) is 7.45. The molecule has 2 fully saturated rings. The molecule has 1 saturated carbocycles. The van der Waals surface area contributed by atoms with Crippen molar-refractivity contribution in [1.29, 1.82) is 0 Å². The molecule has 0 aromatic heterocycles. The molecule has 2 aliphatic heterocycles. The van der Waals surface area contributed by atoms with E-state index in [9.17, 15) is 9.59 Å². The summed E-state index contributed by atoms with van der Waals surface area (Å²) < 4.78 is 0. The van der Waals surface area contributed by atoms with Crippen LogP contribution in [0.25, 0.3) is 0 Å². The standard InChI is InChI=1S/C25H39N5O2/c1-28-13-15-30(16-14-28)23(19-9-10-22-20(17-19)11-12-29(22)2)18-26-24(31)25(32)27-21-7-5-3-4-6-8-21/h9-10,17,21,23H,3-8,11-16,18H2,1-2H3,(H,26,31)(H,27,32). The molecule has 4 rings (SSSR count). The molecule has 176 valence electrons. The van der Waals surface area contributed by atoms with Crippen molar-refractivity contribution in [3.8, 4) is 0 Å². The van der Waals surface area contributed by atoms with Crippen LogP contribution < -0.4 is 15.5 Å². The highest BCUT2D eigenvalue weighted by Crippen LogP contribution is 2.31. The zero-order valence-corrected chi connectivity index (χ0v) is 19.7. The first-order valence-electron chi connectivity index (χ1n) is 12.4. The van der Waals surface area contributed by atoms with Gasteiger partial charge in [0, 0.05) is 58.0 Å². The number of nitrogens with one attached hydrogen (secondary N) is 2. The molecule has 0 spiro atoms. The fraction of sp³-hybridized carbons (Fsp3) is 0.680. The normalized spacial score (nSPS) is 21.6. The molecular formula is C25H39N5O2. The number of fused-ring (bicyclic) bond motifs is 1. The van der Waals surface area contributed by atoms with E-state index < -0.39 is 11.8 Å². The predicted molar refractivity (Wildman–Crippen MR) is 128 cm³/mol. The van der Waals surface area contributed by atoms with Crippen LogP contribution in [0.3, 0.4) is 0 Å². The van der Waals surface area contributed by atoms with Gasteiger partial charge in [-0.15, -0.1) is 0 Å². The van der Waals surface area contributed by atoms with Crippen LogP contribution >= 0.6 is 0 Å². The largest absolute Gasteiger partial charge is 0.374 e. The molecule has 32 heavy (non-hydrogen) atoms. The second-order valence-electron chi connectivity index (χ2n) is 9.79. The van der Waals surface area contributed by atoms with Crippen LogP contribution in [0.4, 0.5) is 5.69 Å². The van der Waals surface area contributed by atoms with Crippen molar-refractivity contribution in [2.45, 2.75) is 57.0 Å². The zero-order chi connectivity index (χ0) is 22.5. The molecule has 1 aromatic carbocycles. The highest BCUT2D eigenvalue weighted by Gasteiger charge is 2.27. The Morgan fingerprint density at radius 3 is 2.41 bits per heavy atom. The lowest BCUT2D eigenvalue weighted by Gasteiger charge is -2.38. The molecule has 0 radical (unpaired) electrons. The lowest BCUT2D eigenvalue weighted by molar-refractivity contribution is -0.139. The molecule has 7 heteroatoms. The molecule has 1 unspecified atom stereocenters. The van der Waals surface area contributed by atoms with E-state index in [-0.39, 0.29) is 12.1 Å². The van der Waals surface area contributed by atoms with Gasteiger partial charge in [0.05, 0.1) is 6.04 Å². The van der Waals surface area contributed by atoms with E-state index in [1.54, 1.807) is 0 Å². The van der Waals surface area contributed by atoms with Gasteiger partial charge < -0.3 is 20.4 Å². The molecule has 2 amide bonds. The van der Waals surface area contributed by atoms with Gasteiger partial charge in [-0.3, -0.25) is 14.5 Å². The fourth-order valence-electron chi connectivity index (χ4n) is 5.33. The Morgan fingerprint density at radius 2 is 1.69 bits per heavy atom. The zero-order valence-electron chi connectivity index (χ0n) is 19.7. The number of piperazine rings is 1. The summed E-state index contributed by atoms with van der Waals surface area (Å²) in [7, 11) is 4.29. The third kappa shape index (κ3) is 5.62. The minimum atomic E-state index is -0.505. The molecule has 0 bridgehead atoms. The first-order chi connectivity index (χ1) is 15.5. The summed E-state index contributed by atoms with van der Waals surface area (Å²) >= 11 is 0. The average molecular weight is 442 g/mol. The van der Waals surface area contributed by atoms with Crippen LogP contribution in [0, 0.1) is 0 Å². The molecular weight excluding hydrogens is 402 g/mol. The lowest BCUT2D eigenvalue weighted by atomic mass is 10.00. The van der Waals surface area contributed by atoms with Crippen molar-refractivity contribution in [2.24, 2.45) is 0 Å². The predicted octanol–water partition coefficient (Wildman–Crippen LogP) is 1.92. The number of hydrogen-bond donors (Lipinski definition) is 2. The summed E-state index contributed by atoms with van der Waals surface area (Å²) in [6.45, 7) is 5.45. The van der Waals surface area contributed by atoms with E-state index >= 15 is 0 Å². The molecule has 1 aromatic rings. The first kappa shape index (κ1) is 23.1. The average Bonchev–Trinajstić information content (AvgIpc) is 2.98. The van der Waals surface area contributed by atoms with E-state index in [0.717, 1.165) is 64.8 Å². The Balaban J connectivity index is 1.41. The van der Waals surface area contributed by atoms with Gasteiger partial charge in [-0.2, -0.15) is 0 Å². The number of benzene rings is 1. The van der Waals surface area contributed by atoms with Gasteiger partial charge in [0.25, 0.3) is 0 Å². The Hall–Kier alpha value is -2.12. The van der Waals surface area contributed by atoms with Crippen LogP contribution in [0.2, 0.25) is 0 Å². The van der Waals surface area contributed by atoms with Gasteiger partial charge in [0.2, 0.25) is 0 Å². The van der Waals surface area contributed by atoms with E-state index in [4.69, 9.17) is 0 Å². The summed E-state index contributed by atoms with van der Waals surface area (Å²) in [6.07, 6.45) is 7.73. The number of rotatable bonds is 5. The maximum absolute atomic E-state index is 12.6. The Morgan fingerprint density at radius 1 is 0.969 bits per heavy atom. The van der Waals surface area contributed by atoms with Crippen LogP contribution in [0.15, 0.2) is 18.2 Å². The molecule has 1 saturated heterocycles. The van der Waals surface area contributed by atoms with Crippen molar-refractivity contribution in [1.82, 2.24) is 20.4 Å². The maximum Gasteiger partial charge on any atom is 0.309 e. The maximum atomic E-state index is 12.6. The number of carbonyl (C=O) groups is 2.